The van der Waals surface area contributed by atoms with Crippen LogP contribution in [0.5, 0.6) is 0 Å². The van der Waals surface area contributed by atoms with Crippen LogP contribution in [0, 0.1) is 0 Å². The Labute approximate surface area is 796 Å². The van der Waals surface area contributed by atoms with Crippen LogP contribution in [0.4, 0.5) is 0 Å². The zero-order chi connectivity index (χ0) is 90.7. The topological polar surface area (TPSA) is 172 Å². The van der Waals surface area contributed by atoms with Gasteiger partial charge in [0.15, 0.2) is 22.6 Å². The van der Waals surface area contributed by atoms with Gasteiger partial charge in [-0.15, -0.1) is 0 Å². The van der Waals surface area contributed by atoms with E-state index in [0.717, 1.165) is 162 Å². The number of pyridine rings is 12. The Balaban J connectivity index is 0.0000000829. The summed E-state index contributed by atoms with van der Waals surface area (Å²) < 4.78 is 8.88. The molecule has 12 aromatic carbocycles. The predicted molar refractivity (Wildman–Crippen MR) is 559 cm³/mol. The van der Waals surface area contributed by atoms with Crippen LogP contribution in [0.15, 0.2) is 341 Å². The van der Waals surface area contributed by atoms with Crippen LogP contribution in [0.3, 0.4) is 0 Å². The third-order valence-corrected chi connectivity index (χ3v) is 31.9. The molecule has 8 aliphatic carbocycles. The molecule has 0 N–H and O–H groups in total. The van der Waals surface area contributed by atoms with Crippen molar-refractivity contribution < 1.29 is 0 Å². The summed E-state index contributed by atoms with van der Waals surface area (Å²) >= 11 is 0. The van der Waals surface area contributed by atoms with Gasteiger partial charge in [-0.25, -0.2) is 39.9 Å². The van der Waals surface area contributed by atoms with Crippen molar-refractivity contribution in [1.29, 1.82) is 0 Å². The number of fused-ring (bicyclic) bond motifs is 63. The first-order chi connectivity index (χ1) is 69.4. The molecule has 36 rings (SSSR count). The smallest absolute Gasteiger partial charge is 0.164 e. The molecule has 0 saturated carbocycles. The molecule has 0 bridgehead atoms. The minimum absolute atomic E-state index is 0.892. The van der Waals surface area contributed by atoms with E-state index < -0.39 is 0 Å². The van der Waals surface area contributed by atoms with Gasteiger partial charge in [-0.1, -0.05) is 188 Å². The van der Waals surface area contributed by atoms with Gasteiger partial charge >= 0.3 is 0 Å². The summed E-state index contributed by atoms with van der Waals surface area (Å²) in [6, 6.07) is 96.9. The molecule has 16 nitrogen and oxygen atoms in total. The third-order valence-electron chi connectivity index (χ3n) is 31.9. The first-order valence-corrected chi connectivity index (χ1v) is 48.2. The van der Waals surface area contributed by atoms with Gasteiger partial charge in [-0.05, 0) is 330 Å². The Morgan fingerprint density at radius 3 is 0.943 bits per heavy atom. The lowest BCUT2D eigenvalue weighted by Crippen LogP contribution is -1.96. The fourth-order valence-electron chi connectivity index (χ4n) is 26.2. The zero-order valence-corrected chi connectivity index (χ0v) is 75.1. The highest BCUT2D eigenvalue weighted by Gasteiger charge is 2.37. The minimum atomic E-state index is 0.892. The zero-order valence-electron chi connectivity index (χ0n) is 75.1. The van der Waals surface area contributed by atoms with E-state index in [1.54, 1.807) is 0 Å². The van der Waals surface area contributed by atoms with Crippen molar-refractivity contribution in [2.24, 2.45) is 0 Å². The van der Waals surface area contributed by atoms with Crippen molar-refractivity contribution >= 4 is 154 Å². The lowest BCUT2D eigenvalue weighted by atomic mass is 9.92. The normalized spacial score (nSPS) is 13.5. The van der Waals surface area contributed by atoms with Crippen molar-refractivity contribution in [3.63, 3.8) is 0 Å². The van der Waals surface area contributed by atoms with Gasteiger partial charge in [0.2, 0.25) is 0 Å². The molecule has 16 heteroatoms. The van der Waals surface area contributed by atoms with Gasteiger partial charge in [0.25, 0.3) is 0 Å². The van der Waals surface area contributed by atoms with Crippen molar-refractivity contribution in [2.75, 3.05) is 0 Å². The minimum Gasteiger partial charge on any atom is -0.276 e. The van der Waals surface area contributed by atoms with Gasteiger partial charge in [-0.3, -0.25) is 37.5 Å². The van der Waals surface area contributed by atoms with Crippen LogP contribution in [0.25, 0.3) is 243 Å². The second-order valence-corrected chi connectivity index (χ2v) is 38.7. The molecular weight excluding hydrogens is 1710 g/mol. The maximum absolute atomic E-state index is 5.12. The summed E-state index contributed by atoms with van der Waals surface area (Å²) in [5.41, 5.74) is 60.3. The lowest BCUT2D eigenvalue weighted by molar-refractivity contribution is 1.17. The van der Waals surface area contributed by atoms with Crippen LogP contribution < -0.4 is 0 Å². The van der Waals surface area contributed by atoms with Crippen molar-refractivity contribution in [1.82, 2.24) is 77.4 Å². The van der Waals surface area contributed by atoms with Gasteiger partial charge < -0.3 is 0 Å². The van der Waals surface area contributed by atoms with E-state index in [1.807, 2.05) is 105 Å². The summed E-state index contributed by atoms with van der Waals surface area (Å²) in [7, 11) is 0. The highest BCUT2D eigenvalue weighted by Crippen LogP contribution is 2.57. The Bertz CT molecular complexity index is 10700. The Morgan fingerprint density at radius 2 is 0.464 bits per heavy atom. The monoisotopic (exact) mass is 1780 g/mol. The van der Waals surface area contributed by atoms with Gasteiger partial charge in [0, 0.05) is 117 Å². The average Bonchev–Trinajstić information content (AvgIpc) is 1.55. The fraction of sp³-hybridized carbons (Fsp3) is 0.0645. The maximum Gasteiger partial charge on any atom is 0.164 e. The Hall–Kier alpha value is -18.3. The van der Waals surface area contributed by atoms with E-state index in [-0.39, 0.29) is 0 Å². The van der Waals surface area contributed by atoms with Crippen LogP contribution in [-0.2, 0) is 51.4 Å². The number of rotatable bonds is 0. The summed E-state index contributed by atoms with van der Waals surface area (Å²) in [4.78, 5) is 57.2. The second-order valence-electron chi connectivity index (χ2n) is 38.7. The Kier molecular flexibility index (Phi) is 14.9. The van der Waals surface area contributed by atoms with Crippen LogP contribution in [0.1, 0.15) is 89.0 Å². The first-order valence-electron chi connectivity index (χ1n) is 48.2. The van der Waals surface area contributed by atoms with Crippen LogP contribution >= 0.6 is 0 Å². The molecule has 0 atom stereocenters. The van der Waals surface area contributed by atoms with E-state index >= 15 is 0 Å². The van der Waals surface area contributed by atoms with Crippen molar-refractivity contribution in [2.45, 2.75) is 51.4 Å². The van der Waals surface area contributed by atoms with Crippen LogP contribution in [0.2, 0.25) is 0 Å². The SMILES string of the molecule is c1ccc2c(c1)Cc1c-2ccc2c1-c1ccc3c4cnccc4n4c5ncccc5nc4c3c1C2.c1ccc2c(c1)Cc1c-2ccc2c1Cc1c-2ccc2c3cnccc3n3c4ncccc4nc3c12.c1ccc2c(c1)Cc1cc3c(cc1-2)-c1ccc2c4cnccc4n4c5ncccc5nc4c2c1C3.c1ccc2c(c1)Cc1ccc3c(c1-2)-c1ccc2c4cnccc4n4c5ncccc5nc4c2c1C3. The lowest BCUT2D eigenvalue weighted by Gasteiger charge is -2.13. The molecule has 0 unspecified atom stereocenters. The number of aromatic nitrogens is 16. The molecule has 16 aromatic heterocycles. The largest absolute Gasteiger partial charge is 0.276 e. The molecular formula is C124H72N16. The highest BCUT2D eigenvalue weighted by molar-refractivity contribution is 6.22. The molecule has 0 aliphatic heterocycles. The molecule has 0 saturated heterocycles. The van der Waals surface area contributed by atoms with Gasteiger partial charge in [-0.2, -0.15) is 0 Å². The second kappa shape index (κ2) is 27.7. The molecule has 28 aromatic rings. The van der Waals surface area contributed by atoms with Crippen molar-refractivity contribution in [3.05, 3.63) is 430 Å². The number of benzene rings is 12. The molecule has 0 fully saturated rings. The van der Waals surface area contributed by atoms with Crippen molar-refractivity contribution in [3.8, 4) is 89.0 Å². The molecule has 648 valence electrons. The highest BCUT2D eigenvalue weighted by atomic mass is 15.1. The van der Waals surface area contributed by atoms with Gasteiger partial charge in [0.05, 0.1) is 22.1 Å². The Morgan fingerprint density at radius 1 is 0.171 bits per heavy atom. The third kappa shape index (κ3) is 10.1. The average molecular weight is 1790 g/mol. The fourth-order valence-corrected chi connectivity index (χ4v) is 26.2. The van der Waals surface area contributed by atoms with Gasteiger partial charge in [0.1, 0.15) is 44.7 Å². The number of imidazole rings is 4. The molecule has 140 heavy (non-hydrogen) atoms. The molecule has 8 aliphatic rings. The maximum atomic E-state index is 5.12. The summed E-state index contributed by atoms with van der Waals surface area (Å²) in [5.74, 6) is 0. The summed E-state index contributed by atoms with van der Waals surface area (Å²) in [6.07, 6.45) is 30.5. The molecule has 16 heterocycles. The van der Waals surface area contributed by atoms with Crippen LogP contribution in [-0.4, -0.2) is 77.4 Å². The van der Waals surface area contributed by atoms with E-state index in [2.05, 4.69) is 274 Å². The summed E-state index contributed by atoms with van der Waals surface area (Å²) in [6.45, 7) is 0. The number of nitrogens with zero attached hydrogens (tertiary/aromatic N) is 16. The molecule has 0 spiro atoms. The summed E-state index contributed by atoms with van der Waals surface area (Å²) in [5, 5.41) is 14.3. The molecule has 0 amide bonds. The number of hydrogen-bond donors (Lipinski definition) is 0. The first kappa shape index (κ1) is 75.1. The van der Waals surface area contributed by atoms with E-state index in [0.29, 0.717) is 0 Å². The van der Waals surface area contributed by atoms with E-state index in [1.165, 1.54) is 221 Å². The van der Waals surface area contributed by atoms with E-state index in [9.17, 15) is 0 Å². The number of hydrogen-bond acceptors (Lipinski definition) is 12. The quantitative estimate of drug-likeness (QED) is 0.132. The predicted octanol–water partition coefficient (Wildman–Crippen LogP) is 26.9. The van der Waals surface area contributed by atoms with E-state index in [4.69, 9.17) is 39.9 Å². The standard InChI is InChI=1S/4C31H18N4/c1-2-5-19-17(4-1)14-23-20(19)8-7-18-15-24-21(28(18)23)9-10-22-25-16-32-13-11-27(25)35-30-26(6-3-12-33-30)34-31(35)29(22)24;1-2-5-20-17(4-1)14-18-7-8-19-15-23-21(28(19)27(18)20)9-10-22-24-16-32-13-11-26(24)35-30-25(6-3-12-33-30)34-31(35)29(22)23;1-2-5-18-17(4-1)14-23-19(18)7-8-20-21-9-10-22-26-16-32-13-11-28(26)35-30-27(6-3-12-33-30)34-31(35)29(22)25(21)15-24(20)23;1-2-5-20-17(4-1)12-18-13-19-14-25-21(24(19)15-23(18)20)7-8-22-26-16-32-11-9-28(26)35-30-27(6-3-10-33-30)34-31(35)29(22)25/h3*1-13,16H,14-15H2;1-11,13,15-16H,12,14H2. The molecule has 0 radical (unpaired) electrons.